The van der Waals surface area contributed by atoms with Crippen LogP contribution in [-0.2, 0) is 16.6 Å². The highest BCUT2D eigenvalue weighted by Crippen LogP contribution is 2.17. The Morgan fingerprint density at radius 1 is 1.04 bits per heavy atom. The van der Waals surface area contributed by atoms with Crippen molar-refractivity contribution in [1.82, 2.24) is 25.4 Å². The second kappa shape index (κ2) is 8.04. The second-order valence-corrected chi connectivity index (χ2v) is 5.37. The lowest BCUT2D eigenvalue weighted by atomic mass is 10.2. The third-order valence-electron chi connectivity index (χ3n) is 3.59. The molecule has 2 heterocycles. The first-order valence-electron chi connectivity index (χ1n) is 7.67. The zero-order chi connectivity index (χ0) is 18.4. The van der Waals surface area contributed by atoms with Gasteiger partial charge in [-0.05, 0) is 26.0 Å². The van der Waals surface area contributed by atoms with Gasteiger partial charge >= 0.3 is 11.8 Å². The topological polar surface area (TPSA) is 118 Å². The molecule has 0 saturated heterocycles. The summed E-state index contributed by atoms with van der Waals surface area (Å²) in [5, 5.41) is 11.8. The van der Waals surface area contributed by atoms with E-state index in [2.05, 4.69) is 26.0 Å². The molecule has 3 N–H and O–H groups in total. The number of amides is 3. The minimum Gasteiger partial charge on any atom is -0.350 e. The van der Waals surface area contributed by atoms with Gasteiger partial charge in [0.1, 0.15) is 0 Å². The fourth-order valence-corrected chi connectivity index (χ4v) is 2.16. The van der Waals surface area contributed by atoms with Gasteiger partial charge in [-0.25, -0.2) is 0 Å². The van der Waals surface area contributed by atoms with Crippen molar-refractivity contribution < 1.29 is 14.4 Å². The molecule has 9 nitrogen and oxygen atoms in total. The van der Waals surface area contributed by atoms with Gasteiger partial charge in [0.25, 0.3) is 5.91 Å². The number of hydrogen-bond donors (Lipinski definition) is 3. The molecule has 132 valence electrons. The molecule has 0 fully saturated rings. The predicted molar refractivity (Wildman–Crippen MR) is 90.9 cm³/mol. The van der Waals surface area contributed by atoms with Crippen LogP contribution >= 0.6 is 0 Å². The van der Waals surface area contributed by atoms with Gasteiger partial charge in [0.15, 0.2) is 0 Å². The van der Waals surface area contributed by atoms with Crippen molar-refractivity contribution in [1.29, 1.82) is 0 Å². The summed E-state index contributed by atoms with van der Waals surface area (Å²) < 4.78 is 1.62. The summed E-state index contributed by atoms with van der Waals surface area (Å²) in [5.41, 5.74) is 2.38. The molecule has 0 aliphatic heterocycles. The van der Waals surface area contributed by atoms with Crippen LogP contribution in [0.15, 0.2) is 24.5 Å². The molecule has 2 rings (SSSR count). The smallest absolute Gasteiger partial charge is 0.313 e. The number of aryl methyl sites for hydroxylation is 2. The zero-order valence-corrected chi connectivity index (χ0v) is 14.3. The maximum atomic E-state index is 11.9. The summed E-state index contributed by atoms with van der Waals surface area (Å²) in [6, 6.07) is 3.17. The Kier molecular flexibility index (Phi) is 5.83. The summed E-state index contributed by atoms with van der Waals surface area (Å²) >= 11 is 0. The van der Waals surface area contributed by atoms with Crippen LogP contribution in [0.4, 0.5) is 5.69 Å². The SMILES string of the molecule is Cc1nn(C)c(C)c1NC(=O)C(=O)NCCNC(=O)c1ccncc1. The molecule has 9 heteroatoms. The number of pyridine rings is 1. The van der Waals surface area contributed by atoms with Crippen molar-refractivity contribution in [3.63, 3.8) is 0 Å². The summed E-state index contributed by atoms with van der Waals surface area (Å²) in [4.78, 5) is 39.4. The Morgan fingerprint density at radius 3 is 2.28 bits per heavy atom. The van der Waals surface area contributed by atoms with Crippen molar-refractivity contribution in [2.24, 2.45) is 7.05 Å². The van der Waals surface area contributed by atoms with Crippen molar-refractivity contribution in [3.05, 3.63) is 41.5 Å². The van der Waals surface area contributed by atoms with Gasteiger partial charge in [0.2, 0.25) is 0 Å². The second-order valence-electron chi connectivity index (χ2n) is 5.37. The number of rotatable bonds is 5. The number of hydrogen-bond acceptors (Lipinski definition) is 5. The third-order valence-corrected chi connectivity index (χ3v) is 3.59. The number of carbonyl (C=O) groups is 3. The molecule has 25 heavy (non-hydrogen) atoms. The highest BCUT2D eigenvalue weighted by atomic mass is 16.2. The average Bonchev–Trinajstić information content (AvgIpc) is 2.85. The van der Waals surface area contributed by atoms with E-state index in [1.807, 2.05) is 0 Å². The summed E-state index contributed by atoms with van der Waals surface area (Å²) in [7, 11) is 1.75. The van der Waals surface area contributed by atoms with E-state index < -0.39 is 11.8 Å². The van der Waals surface area contributed by atoms with E-state index >= 15 is 0 Å². The Labute approximate surface area is 144 Å². The van der Waals surface area contributed by atoms with Crippen LogP contribution in [0.1, 0.15) is 21.7 Å². The average molecular weight is 344 g/mol. The number of nitrogens with zero attached hydrogens (tertiary/aromatic N) is 3. The standard InChI is InChI=1S/C16H20N6O3/c1-10-13(11(2)22(3)21-10)20-16(25)15(24)19-9-8-18-14(23)12-4-6-17-7-5-12/h4-7H,8-9H2,1-3H3,(H,18,23)(H,19,24)(H,20,25). The molecule has 2 aromatic heterocycles. The van der Waals surface area contributed by atoms with Gasteiger partial charge in [-0.2, -0.15) is 5.10 Å². The van der Waals surface area contributed by atoms with Crippen LogP contribution in [0.5, 0.6) is 0 Å². The highest BCUT2D eigenvalue weighted by molar-refractivity contribution is 6.39. The number of aromatic nitrogens is 3. The zero-order valence-electron chi connectivity index (χ0n) is 14.3. The predicted octanol–water partition coefficient (Wildman–Crippen LogP) is -0.0834. The molecule has 3 amide bonds. The monoisotopic (exact) mass is 344 g/mol. The fourth-order valence-electron chi connectivity index (χ4n) is 2.16. The van der Waals surface area contributed by atoms with E-state index in [9.17, 15) is 14.4 Å². The first kappa shape index (κ1) is 18.1. The van der Waals surface area contributed by atoms with Gasteiger partial charge in [-0.15, -0.1) is 0 Å². The van der Waals surface area contributed by atoms with Crippen LogP contribution in [-0.4, -0.2) is 45.6 Å². The van der Waals surface area contributed by atoms with E-state index in [1.54, 1.807) is 37.7 Å². The van der Waals surface area contributed by atoms with Gasteiger partial charge < -0.3 is 16.0 Å². The number of nitrogens with one attached hydrogen (secondary N) is 3. The molecule has 0 radical (unpaired) electrons. The summed E-state index contributed by atoms with van der Waals surface area (Å²) in [6.07, 6.45) is 3.03. The van der Waals surface area contributed by atoms with Crippen LogP contribution in [0.3, 0.4) is 0 Å². The molecule has 2 aromatic rings. The molecule has 0 aromatic carbocycles. The first-order valence-corrected chi connectivity index (χ1v) is 7.67. The van der Waals surface area contributed by atoms with Crippen LogP contribution in [0.2, 0.25) is 0 Å². The molecular weight excluding hydrogens is 324 g/mol. The molecule has 0 aliphatic rings. The number of carbonyl (C=O) groups excluding carboxylic acids is 3. The Morgan fingerprint density at radius 2 is 1.68 bits per heavy atom. The van der Waals surface area contributed by atoms with Crippen molar-refractivity contribution in [3.8, 4) is 0 Å². The Hall–Kier alpha value is -3.23. The maximum absolute atomic E-state index is 11.9. The highest BCUT2D eigenvalue weighted by Gasteiger charge is 2.18. The lowest BCUT2D eigenvalue weighted by Gasteiger charge is -2.08. The van der Waals surface area contributed by atoms with Gasteiger partial charge in [-0.3, -0.25) is 24.0 Å². The van der Waals surface area contributed by atoms with Crippen molar-refractivity contribution in [2.75, 3.05) is 18.4 Å². The lowest BCUT2D eigenvalue weighted by Crippen LogP contribution is -2.40. The third kappa shape index (κ3) is 4.63. The van der Waals surface area contributed by atoms with E-state index in [0.29, 0.717) is 16.9 Å². The summed E-state index contributed by atoms with van der Waals surface area (Å²) in [5.74, 6) is -1.83. The minimum atomic E-state index is -0.778. The van der Waals surface area contributed by atoms with Crippen molar-refractivity contribution >= 4 is 23.4 Å². The first-order chi connectivity index (χ1) is 11.9. The normalized spacial score (nSPS) is 10.2. The fraction of sp³-hybridized carbons (Fsp3) is 0.312. The van der Waals surface area contributed by atoms with Gasteiger partial charge in [-0.1, -0.05) is 0 Å². The molecule has 0 unspecified atom stereocenters. The Bertz CT molecular complexity index is 785. The Balaban J connectivity index is 1.76. The quantitative estimate of drug-likeness (QED) is 0.518. The maximum Gasteiger partial charge on any atom is 0.313 e. The molecule has 0 saturated carbocycles. The van der Waals surface area contributed by atoms with Crippen LogP contribution < -0.4 is 16.0 Å². The van der Waals surface area contributed by atoms with E-state index in [1.165, 1.54) is 12.4 Å². The van der Waals surface area contributed by atoms with Crippen molar-refractivity contribution in [2.45, 2.75) is 13.8 Å². The molecule has 0 bridgehead atoms. The van der Waals surface area contributed by atoms with E-state index in [4.69, 9.17) is 0 Å². The van der Waals surface area contributed by atoms with E-state index in [-0.39, 0.29) is 19.0 Å². The molecular formula is C16H20N6O3. The van der Waals surface area contributed by atoms with Gasteiger partial charge in [0.05, 0.1) is 17.1 Å². The molecule has 0 aliphatic carbocycles. The minimum absolute atomic E-state index is 0.133. The van der Waals surface area contributed by atoms with Gasteiger partial charge in [0, 0.05) is 38.1 Å². The molecule has 0 spiro atoms. The number of anilines is 1. The van der Waals surface area contributed by atoms with E-state index in [0.717, 1.165) is 5.69 Å². The lowest BCUT2D eigenvalue weighted by molar-refractivity contribution is -0.136. The van der Waals surface area contributed by atoms with Crippen LogP contribution in [0, 0.1) is 13.8 Å². The summed E-state index contributed by atoms with van der Waals surface area (Å²) in [6.45, 7) is 3.87. The molecule has 0 atom stereocenters. The largest absolute Gasteiger partial charge is 0.350 e. The van der Waals surface area contributed by atoms with Crippen LogP contribution in [0.25, 0.3) is 0 Å².